The molecule has 0 bridgehead atoms. The van der Waals surface area contributed by atoms with Crippen molar-refractivity contribution >= 4 is 10.8 Å². The Bertz CT molecular complexity index is 1180. The molecular weight excluding hydrogens is 482 g/mol. The Morgan fingerprint density at radius 1 is 0.919 bits per heavy atom. The zero-order chi connectivity index (χ0) is 25.0. The van der Waals surface area contributed by atoms with Crippen molar-refractivity contribution in [1.82, 2.24) is 14.9 Å². The minimum atomic E-state index is -0.864. The lowest BCUT2D eigenvalue weighted by Gasteiger charge is -2.27. The third kappa shape index (κ3) is 6.23. The molecule has 4 heterocycles. The van der Waals surface area contributed by atoms with Gasteiger partial charge in [-0.25, -0.2) is 0 Å². The quantitative estimate of drug-likeness (QED) is 0.425. The van der Waals surface area contributed by atoms with Gasteiger partial charge in [-0.05, 0) is 79.5 Å². The number of H-pyrrole nitrogens is 1. The number of pyridine rings is 1. The van der Waals surface area contributed by atoms with Crippen LogP contribution in [-0.2, 0) is 26.8 Å². The number of hydrogen-bond acceptors (Lipinski definition) is 5. The van der Waals surface area contributed by atoms with Crippen molar-refractivity contribution in [3.8, 4) is 11.4 Å². The third-order valence-electron chi connectivity index (χ3n) is 7.95. The summed E-state index contributed by atoms with van der Waals surface area (Å²) in [5.41, 5.74) is 5.76. The normalized spacial score (nSPS) is 21.1. The van der Waals surface area contributed by atoms with E-state index in [0.717, 1.165) is 94.4 Å². The summed E-state index contributed by atoms with van der Waals surface area (Å²) in [6, 6.07) is 17.2. The van der Waals surface area contributed by atoms with Crippen molar-refractivity contribution in [2.75, 3.05) is 39.5 Å². The summed E-state index contributed by atoms with van der Waals surface area (Å²) >= 11 is 0. The van der Waals surface area contributed by atoms with Gasteiger partial charge in [-0.1, -0.05) is 18.2 Å². The lowest BCUT2D eigenvalue weighted by molar-refractivity contribution is 0.0341. The van der Waals surface area contributed by atoms with E-state index < -0.39 is 10.8 Å². The molecule has 2 aromatic heterocycles. The SMILES string of the molecule is O=S(c1ccc(C(CC2CCOCC2)c2ccc(-c3ccc(CN4CCOCC4)cn3)[nH]2)cc1)C1CC1. The third-order valence-corrected chi connectivity index (χ3v) is 9.76. The van der Waals surface area contributed by atoms with Gasteiger partial charge in [-0.15, -0.1) is 0 Å². The molecule has 196 valence electrons. The molecule has 1 aliphatic carbocycles. The van der Waals surface area contributed by atoms with Crippen LogP contribution in [0.4, 0.5) is 0 Å². The number of nitrogens with zero attached hydrogens (tertiary/aromatic N) is 2. The Morgan fingerprint density at radius 2 is 1.68 bits per heavy atom. The first-order valence-corrected chi connectivity index (χ1v) is 15.0. The zero-order valence-corrected chi connectivity index (χ0v) is 22.3. The smallest absolute Gasteiger partial charge is 0.0864 e. The predicted octanol–water partition coefficient (Wildman–Crippen LogP) is 5.13. The first-order valence-electron chi connectivity index (χ1n) is 13.8. The summed E-state index contributed by atoms with van der Waals surface area (Å²) < 4.78 is 23.7. The highest BCUT2D eigenvalue weighted by molar-refractivity contribution is 7.86. The molecule has 6 nitrogen and oxygen atoms in total. The molecule has 3 aromatic rings. The summed E-state index contributed by atoms with van der Waals surface area (Å²) in [5, 5.41) is 0.364. The summed E-state index contributed by atoms with van der Waals surface area (Å²) in [4.78, 5) is 11.9. The number of rotatable bonds is 9. The van der Waals surface area contributed by atoms with Crippen molar-refractivity contribution < 1.29 is 13.7 Å². The van der Waals surface area contributed by atoms with Crippen LogP contribution in [-0.4, -0.2) is 63.8 Å². The van der Waals surface area contributed by atoms with Crippen LogP contribution in [0.15, 0.2) is 59.6 Å². The van der Waals surface area contributed by atoms with Crippen LogP contribution in [0.1, 0.15) is 54.8 Å². The van der Waals surface area contributed by atoms with Crippen LogP contribution in [0.3, 0.4) is 0 Å². The van der Waals surface area contributed by atoms with E-state index in [2.05, 4.69) is 58.4 Å². The highest BCUT2D eigenvalue weighted by Gasteiger charge is 2.30. The number of aromatic amines is 1. The molecule has 2 aliphatic heterocycles. The maximum atomic E-state index is 12.6. The van der Waals surface area contributed by atoms with Crippen LogP contribution in [0, 0.1) is 5.92 Å². The van der Waals surface area contributed by atoms with E-state index in [1.165, 1.54) is 16.8 Å². The maximum absolute atomic E-state index is 12.6. The Hall–Kier alpha value is -2.32. The fraction of sp³-hybridized carbons (Fsp3) is 0.500. The molecule has 2 saturated heterocycles. The van der Waals surface area contributed by atoms with Crippen molar-refractivity contribution in [3.63, 3.8) is 0 Å². The average Bonchev–Trinajstić information content (AvgIpc) is 3.70. The van der Waals surface area contributed by atoms with Gasteiger partial charge in [0.1, 0.15) is 0 Å². The van der Waals surface area contributed by atoms with Crippen LogP contribution < -0.4 is 0 Å². The molecule has 2 atom stereocenters. The molecule has 2 unspecified atom stereocenters. The van der Waals surface area contributed by atoms with Gasteiger partial charge in [0, 0.05) is 60.8 Å². The second kappa shape index (κ2) is 11.6. The van der Waals surface area contributed by atoms with Gasteiger partial charge in [-0.3, -0.25) is 14.1 Å². The van der Waals surface area contributed by atoms with Crippen molar-refractivity contribution in [3.05, 3.63) is 71.5 Å². The fourth-order valence-electron chi connectivity index (χ4n) is 5.53. The lowest BCUT2D eigenvalue weighted by atomic mass is 9.83. The summed E-state index contributed by atoms with van der Waals surface area (Å²) in [7, 11) is -0.864. The van der Waals surface area contributed by atoms with Crippen LogP contribution in [0.2, 0.25) is 0 Å². The van der Waals surface area contributed by atoms with Gasteiger partial charge < -0.3 is 14.5 Å². The molecule has 7 heteroatoms. The molecule has 1 aromatic carbocycles. The minimum absolute atomic E-state index is 0.265. The largest absolute Gasteiger partial charge is 0.381 e. The number of hydrogen-bond donors (Lipinski definition) is 1. The van der Waals surface area contributed by atoms with E-state index >= 15 is 0 Å². The topological polar surface area (TPSA) is 67.4 Å². The number of aromatic nitrogens is 2. The van der Waals surface area contributed by atoms with Crippen LogP contribution in [0.5, 0.6) is 0 Å². The fourth-order valence-corrected chi connectivity index (χ4v) is 6.88. The van der Waals surface area contributed by atoms with Gasteiger partial charge in [0.15, 0.2) is 0 Å². The Kier molecular flexibility index (Phi) is 7.83. The van der Waals surface area contributed by atoms with Gasteiger partial charge in [0.05, 0.1) is 35.4 Å². The van der Waals surface area contributed by atoms with E-state index in [0.29, 0.717) is 11.2 Å². The standard InChI is InChI=1S/C30H37N3O3S/c34-37(26-6-7-26)25-4-2-24(3-5-25)27(19-22-11-15-35-16-12-22)28-9-10-30(32-28)29-8-1-23(20-31-29)21-33-13-17-36-18-14-33/h1-5,8-10,20,22,26-27,32H,6-7,11-19,21H2. The molecule has 37 heavy (non-hydrogen) atoms. The van der Waals surface area contributed by atoms with Crippen molar-refractivity contribution in [1.29, 1.82) is 0 Å². The Balaban J connectivity index is 1.20. The van der Waals surface area contributed by atoms with Gasteiger partial charge in [-0.2, -0.15) is 0 Å². The second-order valence-electron chi connectivity index (χ2n) is 10.7. The maximum Gasteiger partial charge on any atom is 0.0864 e. The summed E-state index contributed by atoms with van der Waals surface area (Å²) in [5.74, 6) is 0.907. The van der Waals surface area contributed by atoms with E-state index in [9.17, 15) is 4.21 Å². The van der Waals surface area contributed by atoms with Gasteiger partial charge in [0.2, 0.25) is 0 Å². The Morgan fingerprint density at radius 3 is 2.38 bits per heavy atom. The zero-order valence-electron chi connectivity index (χ0n) is 21.4. The molecule has 1 N–H and O–H groups in total. The second-order valence-corrected chi connectivity index (χ2v) is 12.4. The molecule has 1 saturated carbocycles. The predicted molar refractivity (Wildman–Crippen MR) is 146 cm³/mol. The molecule has 3 aliphatic rings. The van der Waals surface area contributed by atoms with Crippen LogP contribution in [0.25, 0.3) is 11.4 Å². The van der Waals surface area contributed by atoms with E-state index in [1.54, 1.807) is 0 Å². The number of morpholine rings is 1. The van der Waals surface area contributed by atoms with Gasteiger partial charge >= 0.3 is 0 Å². The minimum Gasteiger partial charge on any atom is -0.381 e. The molecule has 3 fully saturated rings. The highest BCUT2D eigenvalue weighted by Crippen LogP contribution is 2.36. The first-order chi connectivity index (χ1) is 18.2. The highest BCUT2D eigenvalue weighted by atomic mass is 32.2. The van der Waals surface area contributed by atoms with E-state index in [-0.39, 0.29) is 5.92 Å². The van der Waals surface area contributed by atoms with Crippen LogP contribution >= 0.6 is 0 Å². The molecule has 0 spiro atoms. The van der Waals surface area contributed by atoms with E-state index in [4.69, 9.17) is 14.5 Å². The molecule has 0 radical (unpaired) electrons. The first kappa shape index (κ1) is 25.0. The van der Waals surface area contributed by atoms with Crippen molar-refractivity contribution in [2.24, 2.45) is 5.92 Å². The molecule has 6 rings (SSSR count). The molecular formula is C30H37N3O3S. The summed E-state index contributed by atoms with van der Waals surface area (Å²) in [6.07, 6.45) is 7.49. The monoisotopic (exact) mass is 519 g/mol. The number of nitrogens with one attached hydrogen (secondary N) is 1. The van der Waals surface area contributed by atoms with E-state index in [1.807, 2.05) is 6.20 Å². The number of ether oxygens (including phenoxy) is 2. The number of benzene rings is 1. The lowest BCUT2D eigenvalue weighted by Crippen LogP contribution is -2.35. The Labute approximate surface area is 222 Å². The molecule has 0 amide bonds. The summed E-state index contributed by atoms with van der Waals surface area (Å²) in [6.45, 7) is 6.21. The average molecular weight is 520 g/mol. The van der Waals surface area contributed by atoms with Crippen molar-refractivity contribution in [2.45, 2.75) is 54.7 Å². The van der Waals surface area contributed by atoms with Gasteiger partial charge in [0.25, 0.3) is 0 Å².